The van der Waals surface area contributed by atoms with E-state index in [9.17, 15) is 16.8 Å². The number of aliphatic hydroxyl groups excluding tert-OH is 1. The number of aryl methyl sites for hydroxylation is 6. The van der Waals surface area contributed by atoms with Gasteiger partial charge in [0, 0.05) is 122 Å². The first kappa shape index (κ1) is 97.3. The molecule has 0 bridgehead atoms. The van der Waals surface area contributed by atoms with Gasteiger partial charge < -0.3 is 50.1 Å². The molecule has 10 aromatic heterocycles. The molecular formula is C105H117ClN24O5S2. The third-order valence-corrected chi connectivity index (χ3v) is 29.1. The van der Waals surface area contributed by atoms with Crippen LogP contribution < -0.4 is 45.0 Å². The largest absolute Gasteiger partial charge is 0.390 e. The van der Waals surface area contributed by atoms with E-state index in [0.717, 1.165) is 153 Å². The Labute approximate surface area is 805 Å². The number of rotatable bonds is 21. The Bertz CT molecular complexity index is 7190. The van der Waals surface area contributed by atoms with E-state index in [2.05, 4.69) is 157 Å². The van der Waals surface area contributed by atoms with Crippen LogP contribution in [0, 0.1) is 53.4 Å². The summed E-state index contributed by atoms with van der Waals surface area (Å²) >= 11 is 6.04. The van der Waals surface area contributed by atoms with Gasteiger partial charge in [-0.15, -0.1) is 0 Å². The van der Waals surface area contributed by atoms with Gasteiger partial charge in [-0.05, 0) is 212 Å². The molecular weight excluding hydrogens is 1780 g/mol. The first-order valence-electron chi connectivity index (χ1n) is 46.5. The summed E-state index contributed by atoms with van der Waals surface area (Å²) in [4.78, 5) is 60.3. The molecule has 29 nitrogen and oxygen atoms in total. The molecule has 16 aromatic rings. The van der Waals surface area contributed by atoms with E-state index in [0.29, 0.717) is 79.9 Å². The van der Waals surface area contributed by atoms with E-state index in [1.54, 1.807) is 97.7 Å². The van der Waals surface area contributed by atoms with Crippen molar-refractivity contribution in [2.45, 2.75) is 199 Å². The van der Waals surface area contributed by atoms with Crippen molar-refractivity contribution in [3.63, 3.8) is 0 Å². The summed E-state index contributed by atoms with van der Waals surface area (Å²) in [7, 11) is -7.56. The molecule has 20 rings (SSSR count). The number of benzene rings is 6. The lowest BCUT2D eigenvalue weighted by molar-refractivity contribution is 0.277. The second kappa shape index (κ2) is 44.0. The van der Waals surface area contributed by atoms with Crippen LogP contribution in [-0.4, -0.2) is 112 Å². The van der Waals surface area contributed by atoms with E-state index in [-0.39, 0.29) is 40.2 Å². The van der Waals surface area contributed by atoms with Gasteiger partial charge in [0.1, 0.15) is 11.6 Å². The highest BCUT2D eigenvalue weighted by Crippen LogP contribution is 2.40. The van der Waals surface area contributed by atoms with Crippen molar-refractivity contribution in [3.8, 4) is 67.5 Å². The van der Waals surface area contributed by atoms with Crippen LogP contribution in [0.5, 0.6) is 0 Å². The standard InChI is InChI=1S/C24H25N5O2S.C23H23N5O2S.C18H23N3.C17H21N3.C12H14N4O.C11H11ClN4/c1-16-10-12-18(13-11-16)32(30,31)29-15-20(19-8-4-5-9-22(19)29)21-14-23(28-24(25)27-21)26-17-6-2-3-7-17;1-15-9-11-17(12-10-15)31(29,30)28-14-19(18-7-2-3-8-21(18)28)20-13-22(27-23(24)26-20)25-16-5-4-6-16;1-12-6-5-9-16(13(12)2)17-11-15(20-18(19)21-17)10-14-7-3-4-8-14;1-11-5-3-8-15(12(11)2)16-10-14(19-17(18)20-16)9-13-6-4-7-13;1-2-9-5-11(16-12(13)15-9)8-3-4-10(7-17)14-6-8;1-2-7-5-10(16-11(13)15-7)8-3-4-14-6-9(8)12/h4-5,8-15,17H,2-3,6-7H2,1H3,(H3,25,26,27,28);2-3,7-14,16H,4-6H2,1H3,(H3,24,25,26,27);5-6,9,11,14H,3-4,7-8,10H2,1-2H3,(H2,19,20,21);3,5,8,10,13H,4,6-7,9H2,1-2H3,(H2,18,19,20);3-6,17H,2,7H2,1H3,(H2,13,15,16);3-6H,2H2,1H3,(H2,13,15,16). The van der Waals surface area contributed by atoms with Gasteiger partial charge in [0.05, 0.1) is 72.3 Å². The van der Waals surface area contributed by atoms with Crippen LogP contribution in [0.1, 0.15) is 166 Å². The number of halogens is 1. The van der Waals surface area contributed by atoms with Gasteiger partial charge in [-0.1, -0.05) is 191 Å². The van der Waals surface area contributed by atoms with E-state index < -0.39 is 20.0 Å². The lowest BCUT2D eigenvalue weighted by atomic mass is 9.82. The minimum atomic E-state index is -3.78. The molecule has 32 heteroatoms. The summed E-state index contributed by atoms with van der Waals surface area (Å²) in [6, 6.07) is 59.0. The maximum atomic E-state index is 13.5. The van der Waals surface area contributed by atoms with Crippen LogP contribution in [0.25, 0.3) is 89.4 Å². The van der Waals surface area contributed by atoms with Gasteiger partial charge in [0.15, 0.2) is 0 Å². The monoisotopic (exact) mass is 1890 g/mol. The molecule has 4 saturated carbocycles. The smallest absolute Gasteiger partial charge is 0.268 e. The van der Waals surface area contributed by atoms with Crippen molar-refractivity contribution in [2.24, 2.45) is 11.8 Å². The van der Waals surface area contributed by atoms with Gasteiger partial charge in [0.25, 0.3) is 20.0 Å². The predicted octanol–water partition coefficient (Wildman–Crippen LogP) is 20.0. The average molecular weight is 1890 g/mol. The lowest BCUT2D eigenvalue weighted by Gasteiger charge is -2.27. The molecule has 4 fully saturated rings. The van der Waals surface area contributed by atoms with Gasteiger partial charge in [-0.2, -0.15) is 9.97 Å². The molecule has 0 aliphatic heterocycles. The highest BCUT2D eigenvalue weighted by atomic mass is 35.5. The number of pyridine rings is 2. The first-order chi connectivity index (χ1) is 66.0. The van der Waals surface area contributed by atoms with Crippen molar-refractivity contribution < 1.29 is 21.9 Å². The maximum absolute atomic E-state index is 13.5. The molecule has 15 N–H and O–H groups in total. The quantitative estimate of drug-likeness (QED) is 0.0323. The highest BCUT2D eigenvalue weighted by Gasteiger charge is 2.28. The Morgan fingerprint density at radius 3 is 1.16 bits per heavy atom. The number of aliphatic hydroxyl groups is 1. The van der Waals surface area contributed by atoms with Crippen molar-refractivity contribution >= 4 is 101 Å². The summed E-state index contributed by atoms with van der Waals surface area (Å²) < 4.78 is 56.4. The van der Waals surface area contributed by atoms with E-state index >= 15 is 0 Å². The average Bonchev–Trinajstić information content (AvgIpc) is 1.60. The summed E-state index contributed by atoms with van der Waals surface area (Å²) in [5.74, 6) is 4.50. The molecule has 0 saturated heterocycles. The van der Waals surface area contributed by atoms with Crippen molar-refractivity contribution in [1.29, 1.82) is 0 Å². The van der Waals surface area contributed by atoms with Crippen molar-refractivity contribution in [1.82, 2.24) is 77.7 Å². The topological polar surface area (TPSA) is 459 Å². The van der Waals surface area contributed by atoms with Gasteiger partial charge in [0.2, 0.25) is 35.7 Å². The first-order valence-corrected chi connectivity index (χ1v) is 49.8. The van der Waals surface area contributed by atoms with Crippen LogP contribution in [0.3, 0.4) is 0 Å². The summed E-state index contributed by atoms with van der Waals surface area (Å²) in [5.41, 5.74) is 58.0. The fourth-order valence-electron chi connectivity index (χ4n) is 17.2. The zero-order valence-corrected chi connectivity index (χ0v) is 80.8. The summed E-state index contributed by atoms with van der Waals surface area (Å²) in [5, 5.41) is 17.9. The van der Waals surface area contributed by atoms with Crippen LogP contribution in [0.2, 0.25) is 5.02 Å². The van der Waals surface area contributed by atoms with Crippen LogP contribution in [0.4, 0.5) is 47.3 Å². The Hall–Kier alpha value is -14.3. The Kier molecular flexibility index (Phi) is 31.3. The van der Waals surface area contributed by atoms with Gasteiger partial charge >= 0.3 is 0 Å². The van der Waals surface area contributed by atoms with Crippen LogP contribution >= 0.6 is 11.6 Å². The Morgan fingerprint density at radius 1 is 0.380 bits per heavy atom. The third-order valence-electron chi connectivity index (χ3n) is 25.4. The van der Waals surface area contributed by atoms with Crippen molar-refractivity contribution in [3.05, 3.63) is 286 Å². The molecule has 0 radical (unpaired) electrons. The second-order valence-electron chi connectivity index (χ2n) is 35.3. The fraction of sp³-hybridized carbons (Fsp3) is 0.295. The molecule has 4 aliphatic carbocycles. The number of para-hydroxylation sites is 2. The lowest BCUT2D eigenvalue weighted by Crippen LogP contribution is -2.27. The molecule has 0 spiro atoms. The van der Waals surface area contributed by atoms with E-state index in [1.165, 1.54) is 94.4 Å². The molecule has 6 aromatic carbocycles. The Balaban J connectivity index is 0.000000127. The number of nitrogens with two attached hydrogens (primary N) is 6. The number of nitrogens with one attached hydrogen (secondary N) is 2. The molecule has 137 heavy (non-hydrogen) atoms. The maximum Gasteiger partial charge on any atom is 0.268 e. The minimum Gasteiger partial charge on any atom is -0.390 e. The number of hydrogen-bond acceptors (Lipinski definition) is 27. The number of aromatic nitrogens is 16. The summed E-state index contributed by atoms with van der Waals surface area (Å²) in [6.07, 6.45) is 29.2. The molecule has 0 atom stereocenters. The van der Waals surface area contributed by atoms with E-state index in [4.69, 9.17) is 51.1 Å². The zero-order chi connectivity index (χ0) is 96.6. The molecule has 0 amide bonds. The predicted molar refractivity (Wildman–Crippen MR) is 548 cm³/mol. The number of nitrogens with zero attached hydrogens (tertiary/aromatic N) is 16. The number of nitrogen functional groups attached to an aromatic ring is 6. The Morgan fingerprint density at radius 2 is 0.759 bits per heavy atom. The van der Waals surface area contributed by atoms with E-state index in [1.807, 2.05) is 100 Å². The summed E-state index contributed by atoms with van der Waals surface area (Å²) in [6.45, 7) is 16.3. The van der Waals surface area contributed by atoms with Crippen LogP contribution in [-0.2, 0) is 52.3 Å². The van der Waals surface area contributed by atoms with Gasteiger partial charge in [-0.3, -0.25) is 9.97 Å². The SMILES string of the molecule is CCc1cc(-c2ccc(CO)nc2)nc(N)n1.CCc1cc(-c2ccncc2Cl)nc(N)n1.Cc1ccc(S(=O)(=O)n2cc(-c3cc(NC4CCC4)nc(N)n3)c3ccccc32)cc1.Cc1ccc(S(=O)(=O)n2cc(-c3cc(NC4CCCC4)nc(N)n3)c3ccccc32)cc1.Cc1cccc(-c2cc(CC3CCC3)nc(N)n2)c1C.Cc1cccc(-c2cc(CC3CCCC3)nc(N)n2)c1C. The highest BCUT2D eigenvalue weighted by molar-refractivity contribution is 7.90. The molecule has 4 aliphatic rings. The van der Waals surface area contributed by atoms with Crippen molar-refractivity contribution in [2.75, 3.05) is 45.0 Å². The molecule has 10 heterocycles. The number of anilines is 8. The molecule has 706 valence electrons. The van der Waals surface area contributed by atoms with Crippen LogP contribution in [0.15, 0.2) is 229 Å². The number of hydrogen-bond donors (Lipinski definition) is 9. The minimum absolute atomic E-state index is 0.0631. The van der Waals surface area contributed by atoms with Gasteiger partial charge in [-0.25, -0.2) is 74.6 Å². The third kappa shape index (κ3) is 24.2. The normalized spacial score (nSPS) is 13.8. The zero-order valence-electron chi connectivity index (χ0n) is 78.4. The second-order valence-corrected chi connectivity index (χ2v) is 39.3. The molecule has 0 unspecified atom stereocenters. The number of fused-ring (bicyclic) bond motifs is 2. The fourth-order valence-corrected chi connectivity index (χ4v) is 20.1.